The summed E-state index contributed by atoms with van der Waals surface area (Å²) in [4.78, 5) is 30.8. The van der Waals surface area contributed by atoms with E-state index >= 15 is 0 Å². The first-order valence-electron chi connectivity index (χ1n) is 14.5. The van der Waals surface area contributed by atoms with Gasteiger partial charge in [-0.25, -0.2) is 4.79 Å². The zero-order chi connectivity index (χ0) is 32.0. The summed E-state index contributed by atoms with van der Waals surface area (Å²) in [5.74, 6) is 0.492. The van der Waals surface area contributed by atoms with Gasteiger partial charge in [0.15, 0.2) is 0 Å². The summed E-state index contributed by atoms with van der Waals surface area (Å²) in [5, 5.41) is 8.30. The largest absolute Gasteiger partial charge is 0.495 e. The summed E-state index contributed by atoms with van der Waals surface area (Å²) < 4.78 is 44.2. The van der Waals surface area contributed by atoms with E-state index in [2.05, 4.69) is 25.8 Å². The zero-order valence-electron chi connectivity index (χ0n) is 24.9. The number of carbonyl (C=O) groups excluding carboxylic acids is 2. The minimum absolute atomic E-state index is 0.194. The van der Waals surface area contributed by atoms with Crippen molar-refractivity contribution in [3.05, 3.63) is 114 Å². The molecule has 1 unspecified atom stereocenters. The van der Waals surface area contributed by atoms with Gasteiger partial charge in [-0.05, 0) is 67.1 Å². The van der Waals surface area contributed by atoms with Gasteiger partial charge in [0.2, 0.25) is 0 Å². The molecule has 1 atom stereocenters. The van der Waals surface area contributed by atoms with E-state index < -0.39 is 17.8 Å². The highest BCUT2D eigenvalue weighted by molar-refractivity contribution is 6.04. The Balaban J connectivity index is 1.34. The molecule has 0 bridgehead atoms. The first-order valence-corrected chi connectivity index (χ1v) is 14.5. The summed E-state index contributed by atoms with van der Waals surface area (Å²) in [6.07, 6.45) is -4.47. The molecule has 1 fully saturated rings. The number of urea groups is 1. The van der Waals surface area contributed by atoms with Gasteiger partial charge in [0, 0.05) is 43.2 Å². The SMILES string of the molecule is COc1ccccc1N1CCN(c2ccc(NC(=O)Nc3ccc(C(F)(F)F)cc3)cc2C(=O)NC(C)c2ccccc2)CC1. The predicted molar refractivity (Wildman–Crippen MR) is 170 cm³/mol. The van der Waals surface area contributed by atoms with Crippen LogP contribution in [0.2, 0.25) is 0 Å². The van der Waals surface area contributed by atoms with Gasteiger partial charge in [0.1, 0.15) is 5.75 Å². The van der Waals surface area contributed by atoms with E-state index in [1.54, 1.807) is 25.3 Å². The van der Waals surface area contributed by atoms with Crippen LogP contribution in [0.15, 0.2) is 97.1 Å². The van der Waals surface area contributed by atoms with Crippen LogP contribution in [0.25, 0.3) is 0 Å². The van der Waals surface area contributed by atoms with E-state index in [9.17, 15) is 22.8 Å². The molecule has 0 aliphatic carbocycles. The molecule has 8 nitrogen and oxygen atoms in total. The number of carbonyl (C=O) groups is 2. The third-order valence-corrected chi connectivity index (χ3v) is 7.66. The third kappa shape index (κ3) is 7.67. The first kappa shape index (κ1) is 31.2. The number of hydrogen-bond acceptors (Lipinski definition) is 5. The number of para-hydroxylation sites is 2. The maximum absolute atomic E-state index is 13.7. The standard InChI is InChI=1S/C34H34F3N5O3/c1-23(24-8-4-3-5-9-24)38-32(43)28-22-27(40-33(44)39-26-14-12-25(13-15-26)34(35,36)37)16-17-29(28)41-18-20-42(21-19-41)30-10-6-7-11-31(30)45-2/h3-17,22-23H,18-21H2,1-2H3,(H,38,43)(H2,39,40,44). The summed E-state index contributed by atoms with van der Waals surface area (Å²) in [6, 6.07) is 25.8. The molecule has 0 radical (unpaired) electrons. The Morgan fingerprint density at radius 3 is 1.98 bits per heavy atom. The number of anilines is 4. The van der Waals surface area contributed by atoms with Crippen molar-refractivity contribution in [3.63, 3.8) is 0 Å². The van der Waals surface area contributed by atoms with Gasteiger partial charge in [-0.2, -0.15) is 13.2 Å². The smallest absolute Gasteiger partial charge is 0.416 e. The number of benzene rings is 4. The van der Waals surface area contributed by atoms with Crippen molar-refractivity contribution >= 4 is 34.7 Å². The van der Waals surface area contributed by atoms with Crippen molar-refractivity contribution in [1.29, 1.82) is 0 Å². The predicted octanol–water partition coefficient (Wildman–Crippen LogP) is 7.18. The lowest BCUT2D eigenvalue weighted by Gasteiger charge is -2.38. The van der Waals surface area contributed by atoms with Crippen LogP contribution in [0.1, 0.15) is 34.5 Å². The van der Waals surface area contributed by atoms with Gasteiger partial charge in [0.25, 0.3) is 5.91 Å². The lowest BCUT2D eigenvalue weighted by Crippen LogP contribution is -2.47. The fraction of sp³-hybridized carbons (Fsp3) is 0.235. The van der Waals surface area contributed by atoms with Crippen molar-refractivity contribution in [2.75, 3.05) is 53.7 Å². The second-order valence-electron chi connectivity index (χ2n) is 10.6. The topological polar surface area (TPSA) is 85.9 Å². The molecule has 1 aliphatic heterocycles. The number of methoxy groups -OCH3 is 1. The number of piperazine rings is 1. The molecule has 1 saturated heterocycles. The molecule has 3 amide bonds. The number of amides is 3. The Bertz CT molecular complexity index is 1620. The molecule has 11 heteroatoms. The molecule has 1 aliphatic rings. The van der Waals surface area contributed by atoms with E-state index in [0.717, 1.165) is 34.8 Å². The molecule has 234 valence electrons. The highest BCUT2D eigenvalue weighted by atomic mass is 19.4. The van der Waals surface area contributed by atoms with Crippen LogP contribution in [0.4, 0.5) is 40.7 Å². The minimum Gasteiger partial charge on any atom is -0.495 e. The number of ether oxygens (including phenoxy) is 1. The Morgan fingerprint density at radius 2 is 1.33 bits per heavy atom. The van der Waals surface area contributed by atoms with E-state index in [-0.39, 0.29) is 17.6 Å². The summed E-state index contributed by atoms with van der Waals surface area (Å²) in [7, 11) is 1.65. The third-order valence-electron chi connectivity index (χ3n) is 7.66. The number of hydrogen-bond donors (Lipinski definition) is 3. The first-order chi connectivity index (χ1) is 21.6. The fourth-order valence-corrected chi connectivity index (χ4v) is 5.29. The average Bonchev–Trinajstić information content (AvgIpc) is 3.05. The number of alkyl halides is 3. The van der Waals surface area contributed by atoms with E-state index in [4.69, 9.17) is 4.74 Å². The second-order valence-corrected chi connectivity index (χ2v) is 10.6. The maximum atomic E-state index is 13.7. The minimum atomic E-state index is -4.47. The maximum Gasteiger partial charge on any atom is 0.416 e. The Kier molecular flexibility index (Phi) is 9.46. The summed E-state index contributed by atoms with van der Waals surface area (Å²) in [5.41, 5.74) is 2.80. The number of rotatable bonds is 8. The Labute approximate surface area is 259 Å². The van der Waals surface area contributed by atoms with E-state index in [1.807, 2.05) is 61.5 Å². The van der Waals surface area contributed by atoms with Crippen molar-refractivity contribution in [2.24, 2.45) is 0 Å². The van der Waals surface area contributed by atoms with Crippen molar-refractivity contribution in [1.82, 2.24) is 5.32 Å². The molecule has 45 heavy (non-hydrogen) atoms. The van der Waals surface area contributed by atoms with Crippen molar-refractivity contribution in [2.45, 2.75) is 19.1 Å². The fourth-order valence-electron chi connectivity index (χ4n) is 5.29. The molecule has 4 aromatic carbocycles. The van der Waals surface area contributed by atoms with Gasteiger partial charge in [-0.3, -0.25) is 4.79 Å². The van der Waals surface area contributed by atoms with Gasteiger partial charge in [-0.15, -0.1) is 0 Å². The molecule has 0 saturated carbocycles. The number of nitrogens with one attached hydrogen (secondary N) is 3. The lowest BCUT2D eigenvalue weighted by atomic mass is 10.1. The van der Waals surface area contributed by atoms with Crippen LogP contribution < -0.4 is 30.5 Å². The van der Waals surface area contributed by atoms with Crippen LogP contribution in [0, 0.1) is 0 Å². The van der Waals surface area contributed by atoms with Gasteiger partial charge in [-0.1, -0.05) is 42.5 Å². The second kappa shape index (κ2) is 13.6. The number of halogens is 3. The van der Waals surface area contributed by atoms with Crippen LogP contribution >= 0.6 is 0 Å². The van der Waals surface area contributed by atoms with Gasteiger partial charge in [0.05, 0.1) is 30.0 Å². The highest BCUT2D eigenvalue weighted by Crippen LogP contribution is 2.32. The zero-order valence-corrected chi connectivity index (χ0v) is 24.9. The van der Waals surface area contributed by atoms with Crippen LogP contribution in [0.5, 0.6) is 5.75 Å². The molecule has 0 spiro atoms. The summed E-state index contributed by atoms with van der Waals surface area (Å²) in [6.45, 7) is 4.61. The monoisotopic (exact) mass is 617 g/mol. The molecule has 4 aromatic rings. The number of nitrogens with zero attached hydrogens (tertiary/aromatic N) is 2. The molecular formula is C34H34F3N5O3. The van der Waals surface area contributed by atoms with Gasteiger partial charge >= 0.3 is 12.2 Å². The normalized spacial score (nSPS) is 14.0. The molecule has 0 aromatic heterocycles. The van der Waals surface area contributed by atoms with Crippen LogP contribution in [0.3, 0.4) is 0 Å². The Morgan fingerprint density at radius 1 is 0.756 bits per heavy atom. The highest BCUT2D eigenvalue weighted by Gasteiger charge is 2.30. The van der Waals surface area contributed by atoms with Crippen molar-refractivity contribution < 1.29 is 27.5 Å². The summed E-state index contributed by atoms with van der Waals surface area (Å²) >= 11 is 0. The molecule has 5 rings (SSSR count). The van der Waals surface area contributed by atoms with E-state index in [1.165, 1.54) is 12.1 Å². The van der Waals surface area contributed by atoms with Crippen molar-refractivity contribution in [3.8, 4) is 5.75 Å². The van der Waals surface area contributed by atoms with Crippen LogP contribution in [-0.4, -0.2) is 45.2 Å². The molecule has 1 heterocycles. The van der Waals surface area contributed by atoms with E-state index in [0.29, 0.717) is 37.4 Å². The quantitative estimate of drug-likeness (QED) is 0.195. The molecule has 3 N–H and O–H groups in total. The average molecular weight is 618 g/mol. The lowest BCUT2D eigenvalue weighted by molar-refractivity contribution is -0.137. The van der Waals surface area contributed by atoms with Crippen LogP contribution in [-0.2, 0) is 6.18 Å². The molecular weight excluding hydrogens is 583 g/mol. The van der Waals surface area contributed by atoms with Gasteiger partial charge < -0.3 is 30.5 Å². The Hall–Kier alpha value is -5.19.